The third-order valence-corrected chi connectivity index (χ3v) is 5.49. The van der Waals surface area contributed by atoms with Gasteiger partial charge in [-0.25, -0.2) is 0 Å². The van der Waals surface area contributed by atoms with Crippen LogP contribution in [0.15, 0.2) is 84.0 Å². The third kappa shape index (κ3) is 6.26. The highest BCUT2D eigenvalue weighted by atomic mass is 35.5. The summed E-state index contributed by atoms with van der Waals surface area (Å²) in [6, 6.07) is 19.6. The van der Waals surface area contributed by atoms with E-state index in [0.717, 1.165) is 17.7 Å². The summed E-state index contributed by atoms with van der Waals surface area (Å²) in [5.41, 5.74) is 9.94. The third-order valence-electron chi connectivity index (χ3n) is 5.26. The molecule has 1 N–H and O–H groups in total. The molecule has 0 aliphatic rings. The number of anilines is 1. The van der Waals surface area contributed by atoms with Crippen molar-refractivity contribution in [3.05, 3.63) is 105 Å². The molecule has 0 heterocycles. The van der Waals surface area contributed by atoms with Gasteiger partial charge < -0.3 is 5.32 Å². The van der Waals surface area contributed by atoms with E-state index in [9.17, 15) is 14.4 Å². The van der Waals surface area contributed by atoms with E-state index in [1.165, 1.54) is 18.2 Å². The molecule has 0 aliphatic heterocycles. The maximum absolute atomic E-state index is 13.7. The molecule has 2 amide bonds. The SMILES string of the molecule is CCCCNC(=O)C(c1ccccc1N=[N+]=[N-])N(C(=O)C(=O)c1ccccc1)c1cccc(Cl)c1. The highest BCUT2D eigenvalue weighted by molar-refractivity contribution is 6.47. The number of benzene rings is 3. The van der Waals surface area contributed by atoms with Crippen molar-refractivity contribution in [2.24, 2.45) is 5.11 Å². The Morgan fingerprint density at radius 3 is 2.43 bits per heavy atom. The number of nitrogens with one attached hydrogen (secondary N) is 1. The number of ketones is 1. The first-order valence-corrected chi connectivity index (χ1v) is 11.5. The van der Waals surface area contributed by atoms with Crippen LogP contribution in [-0.4, -0.2) is 24.1 Å². The average molecular weight is 490 g/mol. The number of hydrogen-bond donors (Lipinski definition) is 1. The standard InChI is InChI=1S/C26H24ClN5O3/c1-2-3-16-29-25(34)23(21-14-7-8-15-22(21)30-31-28)32(20-13-9-12-19(27)17-20)26(35)24(33)18-10-5-4-6-11-18/h4-15,17,23H,2-3,16H2,1H3,(H,29,34). The molecule has 0 radical (unpaired) electrons. The summed E-state index contributed by atoms with van der Waals surface area (Å²) in [4.78, 5) is 44.5. The largest absolute Gasteiger partial charge is 0.354 e. The van der Waals surface area contributed by atoms with E-state index in [-0.39, 0.29) is 22.5 Å². The number of amides is 2. The van der Waals surface area contributed by atoms with E-state index in [2.05, 4.69) is 15.3 Å². The molecule has 1 atom stereocenters. The van der Waals surface area contributed by atoms with E-state index in [4.69, 9.17) is 17.1 Å². The predicted molar refractivity (Wildman–Crippen MR) is 136 cm³/mol. The first kappa shape index (κ1) is 25.5. The van der Waals surface area contributed by atoms with Crippen molar-refractivity contribution in [1.82, 2.24) is 5.32 Å². The maximum Gasteiger partial charge on any atom is 0.300 e. The number of carbonyl (C=O) groups is 3. The molecule has 0 saturated carbocycles. The van der Waals surface area contributed by atoms with Crippen LogP contribution >= 0.6 is 11.6 Å². The van der Waals surface area contributed by atoms with E-state index in [0.29, 0.717) is 11.6 Å². The molecular weight excluding hydrogens is 466 g/mol. The molecule has 1 unspecified atom stereocenters. The highest BCUT2D eigenvalue weighted by Crippen LogP contribution is 2.35. The molecule has 0 saturated heterocycles. The monoisotopic (exact) mass is 489 g/mol. The van der Waals surface area contributed by atoms with E-state index >= 15 is 0 Å². The molecule has 0 aromatic heterocycles. The second kappa shape index (κ2) is 12.4. The van der Waals surface area contributed by atoms with Crippen LogP contribution in [-0.2, 0) is 9.59 Å². The molecule has 3 rings (SSSR count). The smallest absolute Gasteiger partial charge is 0.300 e. The Morgan fingerprint density at radius 2 is 1.74 bits per heavy atom. The molecule has 9 heteroatoms. The Balaban J connectivity index is 2.21. The first-order valence-electron chi connectivity index (χ1n) is 11.1. The lowest BCUT2D eigenvalue weighted by Crippen LogP contribution is -2.46. The molecule has 178 valence electrons. The Morgan fingerprint density at radius 1 is 1.03 bits per heavy atom. The quantitative estimate of drug-likeness (QED) is 0.0918. The molecule has 3 aromatic rings. The second-order valence-electron chi connectivity index (χ2n) is 7.65. The van der Waals surface area contributed by atoms with Crippen LogP contribution in [0.5, 0.6) is 0 Å². The van der Waals surface area contributed by atoms with Crippen molar-refractivity contribution >= 4 is 40.6 Å². The fourth-order valence-electron chi connectivity index (χ4n) is 3.57. The number of carbonyl (C=O) groups excluding carboxylic acids is 3. The summed E-state index contributed by atoms with van der Waals surface area (Å²) >= 11 is 6.21. The molecular formula is C26H24ClN5O3. The minimum absolute atomic E-state index is 0.164. The predicted octanol–water partition coefficient (Wildman–Crippen LogP) is 6.16. The number of unbranched alkanes of at least 4 members (excludes halogenated alkanes) is 1. The van der Waals surface area contributed by atoms with E-state index in [1.807, 2.05) is 6.92 Å². The molecule has 35 heavy (non-hydrogen) atoms. The molecule has 0 spiro atoms. The number of halogens is 1. The zero-order valence-electron chi connectivity index (χ0n) is 19.1. The lowest BCUT2D eigenvalue weighted by Gasteiger charge is -2.32. The van der Waals surface area contributed by atoms with Gasteiger partial charge in [0.25, 0.3) is 11.7 Å². The van der Waals surface area contributed by atoms with Gasteiger partial charge in [0.15, 0.2) is 0 Å². The second-order valence-corrected chi connectivity index (χ2v) is 8.08. The number of nitrogens with zero attached hydrogens (tertiary/aromatic N) is 4. The van der Waals surface area contributed by atoms with Gasteiger partial charge in [-0.15, -0.1) is 0 Å². The van der Waals surface area contributed by atoms with E-state index in [1.54, 1.807) is 60.7 Å². The Kier molecular flexibility index (Phi) is 9.01. The lowest BCUT2D eigenvalue weighted by molar-refractivity contribution is -0.125. The van der Waals surface area contributed by atoms with Crippen LogP contribution in [0.3, 0.4) is 0 Å². The van der Waals surface area contributed by atoms with E-state index < -0.39 is 23.6 Å². The van der Waals surface area contributed by atoms with Crippen molar-refractivity contribution < 1.29 is 14.4 Å². The van der Waals surface area contributed by atoms with Crippen molar-refractivity contribution in [1.29, 1.82) is 0 Å². The van der Waals surface area contributed by atoms with Crippen LogP contribution in [0.1, 0.15) is 41.7 Å². The molecule has 0 aliphatic carbocycles. The van der Waals surface area contributed by atoms with Crippen LogP contribution in [0.25, 0.3) is 10.4 Å². The van der Waals surface area contributed by atoms with Gasteiger partial charge in [-0.2, -0.15) is 0 Å². The van der Waals surface area contributed by atoms with Crippen LogP contribution < -0.4 is 10.2 Å². The van der Waals surface area contributed by atoms with Crippen molar-refractivity contribution in [3.63, 3.8) is 0 Å². The number of hydrogen-bond acceptors (Lipinski definition) is 4. The van der Waals surface area contributed by atoms with Gasteiger partial charge in [-0.05, 0) is 35.7 Å². The van der Waals surface area contributed by atoms with Gasteiger partial charge in [-0.1, -0.05) is 90.7 Å². The number of rotatable bonds is 10. The first-order chi connectivity index (χ1) is 17.0. The van der Waals surface area contributed by atoms with Gasteiger partial charge in [0.1, 0.15) is 6.04 Å². The summed E-state index contributed by atoms with van der Waals surface area (Å²) in [5, 5.41) is 6.87. The topological polar surface area (TPSA) is 115 Å². The summed E-state index contributed by atoms with van der Waals surface area (Å²) in [5.74, 6) is -2.24. The normalized spacial score (nSPS) is 11.1. The maximum atomic E-state index is 13.7. The molecule has 3 aromatic carbocycles. The van der Waals surface area contributed by atoms with Gasteiger partial charge >= 0.3 is 0 Å². The zero-order chi connectivity index (χ0) is 25.2. The van der Waals surface area contributed by atoms with Crippen molar-refractivity contribution in [2.75, 3.05) is 11.4 Å². The van der Waals surface area contributed by atoms with Gasteiger partial charge in [0.2, 0.25) is 5.91 Å². The van der Waals surface area contributed by atoms with Crippen LogP contribution in [0, 0.1) is 0 Å². The van der Waals surface area contributed by atoms with Crippen molar-refractivity contribution in [2.45, 2.75) is 25.8 Å². The summed E-state index contributed by atoms with van der Waals surface area (Å²) in [7, 11) is 0. The number of Topliss-reactive ketones (excluding diaryl/α,β-unsaturated/α-hetero) is 1. The van der Waals surface area contributed by atoms with Crippen molar-refractivity contribution in [3.8, 4) is 0 Å². The highest BCUT2D eigenvalue weighted by Gasteiger charge is 2.37. The lowest BCUT2D eigenvalue weighted by atomic mass is 9.99. The van der Waals surface area contributed by atoms with Crippen LogP contribution in [0.2, 0.25) is 5.02 Å². The summed E-state index contributed by atoms with van der Waals surface area (Å²) in [6.45, 7) is 2.36. The molecule has 0 bridgehead atoms. The minimum atomic E-state index is -1.30. The summed E-state index contributed by atoms with van der Waals surface area (Å²) < 4.78 is 0. The minimum Gasteiger partial charge on any atom is -0.354 e. The zero-order valence-corrected chi connectivity index (χ0v) is 19.9. The average Bonchev–Trinajstić information content (AvgIpc) is 2.87. The Labute approximate surface area is 208 Å². The molecule has 0 fully saturated rings. The molecule has 8 nitrogen and oxygen atoms in total. The number of azide groups is 1. The fraction of sp³-hybridized carbons (Fsp3) is 0.192. The van der Waals surface area contributed by atoms with Gasteiger partial charge in [0.05, 0.1) is 0 Å². The Bertz CT molecular complexity index is 1260. The fourth-order valence-corrected chi connectivity index (χ4v) is 3.76. The summed E-state index contributed by atoms with van der Waals surface area (Å²) in [6.07, 6.45) is 1.58. The Hall–Kier alpha value is -4.13. The van der Waals surface area contributed by atoms with Crippen LogP contribution in [0.4, 0.5) is 11.4 Å². The van der Waals surface area contributed by atoms with Gasteiger partial charge in [0, 0.05) is 33.4 Å². The van der Waals surface area contributed by atoms with Gasteiger partial charge in [-0.3, -0.25) is 19.3 Å².